The normalized spacial score (nSPS) is 17.0. The third-order valence-electron chi connectivity index (χ3n) is 7.13. The molecule has 2 N–H and O–H groups in total. The average Bonchev–Trinajstić information content (AvgIpc) is 3.41. The summed E-state index contributed by atoms with van der Waals surface area (Å²) in [6.07, 6.45) is 5.44. The smallest absolute Gasteiger partial charge is 0.226 e. The highest BCUT2D eigenvalue weighted by Crippen LogP contribution is 2.44. The van der Waals surface area contributed by atoms with Crippen molar-refractivity contribution in [2.75, 3.05) is 10.2 Å². The lowest BCUT2D eigenvalue weighted by molar-refractivity contribution is -0.118. The number of hydrogen-bond acceptors (Lipinski definition) is 4. The quantitative estimate of drug-likeness (QED) is 0.257. The predicted molar refractivity (Wildman–Crippen MR) is 160 cm³/mol. The fourth-order valence-corrected chi connectivity index (χ4v) is 5.59. The maximum absolute atomic E-state index is 12.3. The number of halogens is 1. The molecule has 1 saturated heterocycles. The number of carbonyl (C=O) groups excluding carboxylic acids is 1. The molecule has 200 valence electrons. The number of amides is 1. The van der Waals surface area contributed by atoms with Gasteiger partial charge in [0.2, 0.25) is 5.91 Å². The summed E-state index contributed by atoms with van der Waals surface area (Å²) in [5, 5.41) is 7.46. The second-order valence-electron chi connectivity index (χ2n) is 10.1. The minimum absolute atomic E-state index is 0.0854. The zero-order valence-corrected chi connectivity index (χ0v) is 23.9. The topological polar surface area (TPSA) is 75.1 Å². The van der Waals surface area contributed by atoms with Crippen molar-refractivity contribution in [2.24, 2.45) is 5.92 Å². The van der Waals surface area contributed by atoms with E-state index in [1.807, 2.05) is 74.8 Å². The van der Waals surface area contributed by atoms with Crippen molar-refractivity contribution in [3.05, 3.63) is 106 Å². The fourth-order valence-electron chi connectivity index (χ4n) is 5.02. The van der Waals surface area contributed by atoms with Crippen molar-refractivity contribution in [2.45, 2.75) is 46.3 Å². The summed E-state index contributed by atoms with van der Waals surface area (Å²) in [5.74, 6) is -0.236. The summed E-state index contributed by atoms with van der Waals surface area (Å²) in [4.78, 5) is 23.2. The molecule has 1 aliphatic heterocycles. The van der Waals surface area contributed by atoms with Crippen molar-refractivity contribution in [3.63, 3.8) is 0 Å². The van der Waals surface area contributed by atoms with Crippen LogP contribution >= 0.6 is 23.8 Å². The molecule has 1 fully saturated rings. The third-order valence-corrected chi connectivity index (χ3v) is 7.76. The molecule has 0 radical (unpaired) electrons. The van der Waals surface area contributed by atoms with E-state index in [0.29, 0.717) is 15.8 Å². The molecular formula is C30H31ClN6OS. The molecule has 7 nitrogen and oxygen atoms in total. The summed E-state index contributed by atoms with van der Waals surface area (Å²) in [5.41, 5.74) is 6.95. The van der Waals surface area contributed by atoms with Gasteiger partial charge in [-0.25, -0.2) is 0 Å². The first-order valence-corrected chi connectivity index (χ1v) is 13.7. The third kappa shape index (κ3) is 5.40. The maximum atomic E-state index is 12.3. The molecule has 1 aromatic carbocycles. The van der Waals surface area contributed by atoms with Crippen molar-refractivity contribution in [3.8, 4) is 0 Å². The van der Waals surface area contributed by atoms with E-state index in [2.05, 4.69) is 50.0 Å². The first kappa shape index (κ1) is 26.8. The molecule has 0 saturated carbocycles. The van der Waals surface area contributed by atoms with Gasteiger partial charge >= 0.3 is 0 Å². The summed E-state index contributed by atoms with van der Waals surface area (Å²) in [7, 11) is 0. The van der Waals surface area contributed by atoms with E-state index in [4.69, 9.17) is 23.8 Å². The monoisotopic (exact) mass is 558 g/mol. The fraction of sp³-hybridized carbons (Fsp3) is 0.267. The Balaban J connectivity index is 1.57. The number of benzene rings is 1. The van der Waals surface area contributed by atoms with E-state index < -0.39 is 0 Å². The molecule has 39 heavy (non-hydrogen) atoms. The van der Waals surface area contributed by atoms with Crippen LogP contribution in [0.15, 0.2) is 73.2 Å². The standard InChI is InChI=1S/C30H31ClN6OS/c1-18(2)29(38)34-25-9-8-22(16-24(25)31)37-28(27(35-30(37)39)26-7-5-6-12-33-26)23-15-19(3)36(20(23)4)17-21-10-13-32-14-11-21/h5-16,18,27-28H,17H2,1-4H3,(H,34,38)(H,35,39)/t27-,28-/m1/s1. The number of rotatable bonds is 7. The summed E-state index contributed by atoms with van der Waals surface area (Å²) < 4.78 is 2.32. The zero-order chi connectivity index (χ0) is 27.7. The first-order valence-electron chi connectivity index (χ1n) is 12.9. The number of nitrogens with zero attached hydrogens (tertiary/aromatic N) is 4. The lowest BCUT2D eigenvalue weighted by Crippen LogP contribution is -2.29. The Labute approximate surface area is 239 Å². The Morgan fingerprint density at radius 3 is 2.54 bits per heavy atom. The molecule has 4 heterocycles. The molecule has 4 aromatic rings. The number of aromatic nitrogens is 3. The number of thiocarbonyl (C=S) groups is 1. The highest BCUT2D eigenvalue weighted by molar-refractivity contribution is 7.80. The van der Waals surface area contributed by atoms with Crippen LogP contribution in [0.25, 0.3) is 0 Å². The largest absolute Gasteiger partial charge is 0.351 e. The van der Waals surface area contributed by atoms with Gasteiger partial charge in [-0.3, -0.25) is 14.8 Å². The lowest BCUT2D eigenvalue weighted by Gasteiger charge is -2.28. The zero-order valence-electron chi connectivity index (χ0n) is 22.4. The van der Waals surface area contributed by atoms with Gasteiger partial charge < -0.3 is 20.1 Å². The van der Waals surface area contributed by atoms with E-state index in [-0.39, 0.29) is 23.9 Å². The molecule has 0 unspecified atom stereocenters. The highest BCUT2D eigenvalue weighted by Gasteiger charge is 2.42. The van der Waals surface area contributed by atoms with Crippen LogP contribution in [-0.2, 0) is 11.3 Å². The molecule has 3 aromatic heterocycles. The van der Waals surface area contributed by atoms with Gasteiger partial charge in [-0.05, 0) is 85.7 Å². The predicted octanol–water partition coefficient (Wildman–Crippen LogP) is 6.37. The Morgan fingerprint density at radius 2 is 1.87 bits per heavy atom. The van der Waals surface area contributed by atoms with E-state index in [1.54, 1.807) is 6.20 Å². The van der Waals surface area contributed by atoms with Gasteiger partial charge in [-0.2, -0.15) is 0 Å². The Hall–Kier alpha value is -3.75. The molecule has 9 heteroatoms. The van der Waals surface area contributed by atoms with Gasteiger partial charge in [-0.1, -0.05) is 31.5 Å². The van der Waals surface area contributed by atoms with Gasteiger partial charge in [0, 0.05) is 48.1 Å². The van der Waals surface area contributed by atoms with Crippen LogP contribution < -0.4 is 15.5 Å². The van der Waals surface area contributed by atoms with Crippen LogP contribution in [0.1, 0.15) is 54.1 Å². The summed E-state index contributed by atoms with van der Waals surface area (Å²) >= 11 is 12.6. The van der Waals surface area contributed by atoms with Crippen LogP contribution in [0.2, 0.25) is 5.02 Å². The summed E-state index contributed by atoms with van der Waals surface area (Å²) in [6.45, 7) is 8.71. The Kier molecular flexibility index (Phi) is 7.68. The molecule has 5 rings (SSSR count). The van der Waals surface area contributed by atoms with Crippen LogP contribution in [0, 0.1) is 19.8 Å². The van der Waals surface area contributed by atoms with Gasteiger partial charge in [0.15, 0.2) is 5.11 Å². The maximum Gasteiger partial charge on any atom is 0.226 e. The number of nitrogens with one attached hydrogen (secondary N) is 2. The van der Waals surface area contributed by atoms with Crippen molar-refractivity contribution < 1.29 is 4.79 Å². The number of aryl methyl sites for hydroxylation is 1. The number of pyridine rings is 2. The Bertz CT molecular complexity index is 1500. The number of anilines is 2. The second-order valence-corrected chi connectivity index (χ2v) is 10.9. The lowest BCUT2D eigenvalue weighted by atomic mass is 9.96. The van der Waals surface area contributed by atoms with E-state index in [0.717, 1.165) is 34.9 Å². The SMILES string of the molecule is Cc1cc([C@@H]2[C@@H](c3ccccn3)NC(=S)N2c2ccc(NC(=O)C(C)C)c(Cl)c2)c(C)n1Cc1ccncc1. The highest BCUT2D eigenvalue weighted by atomic mass is 35.5. The van der Waals surface area contributed by atoms with Crippen LogP contribution in [-0.4, -0.2) is 25.6 Å². The van der Waals surface area contributed by atoms with Crippen LogP contribution in [0.4, 0.5) is 11.4 Å². The van der Waals surface area contributed by atoms with Gasteiger partial charge in [0.25, 0.3) is 0 Å². The molecule has 1 amide bonds. The molecule has 1 aliphatic rings. The number of carbonyl (C=O) groups is 1. The van der Waals surface area contributed by atoms with Crippen molar-refractivity contribution >= 4 is 46.2 Å². The van der Waals surface area contributed by atoms with E-state index in [1.165, 1.54) is 5.56 Å². The molecule has 0 bridgehead atoms. The van der Waals surface area contributed by atoms with Crippen molar-refractivity contribution in [1.82, 2.24) is 19.9 Å². The molecule has 0 aliphatic carbocycles. The average molecular weight is 559 g/mol. The minimum Gasteiger partial charge on any atom is -0.351 e. The molecular weight excluding hydrogens is 528 g/mol. The van der Waals surface area contributed by atoms with Gasteiger partial charge in [0.1, 0.15) is 0 Å². The Morgan fingerprint density at radius 1 is 1.10 bits per heavy atom. The van der Waals surface area contributed by atoms with Crippen LogP contribution in [0.5, 0.6) is 0 Å². The minimum atomic E-state index is -0.173. The molecule has 0 spiro atoms. The van der Waals surface area contributed by atoms with E-state index >= 15 is 0 Å². The van der Waals surface area contributed by atoms with Crippen LogP contribution in [0.3, 0.4) is 0 Å². The van der Waals surface area contributed by atoms with Crippen molar-refractivity contribution in [1.29, 1.82) is 0 Å². The number of hydrogen-bond donors (Lipinski definition) is 2. The second kappa shape index (κ2) is 11.2. The first-order chi connectivity index (χ1) is 18.7. The molecule has 2 atom stereocenters. The van der Waals surface area contributed by atoms with E-state index in [9.17, 15) is 4.79 Å². The summed E-state index contributed by atoms with van der Waals surface area (Å²) in [6, 6.07) is 17.5. The van der Waals surface area contributed by atoms with Gasteiger partial charge in [-0.15, -0.1) is 0 Å². The van der Waals surface area contributed by atoms with Gasteiger partial charge in [0.05, 0.1) is 28.5 Å².